The molecule has 9 heavy (non-hydrogen) atoms. The van der Waals surface area contributed by atoms with E-state index in [9.17, 15) is 0 Å². The Kier molecular flexibility index (Phi) is 1.86. The first-order valence-corrected chi connectivity index (χ1v) is 3.51. The zero-order valence-electron chi connectivity index (χ0n) is 4.92. The second-order valence-corrected chi connectivity index (χ2v) is 2.59. The van der Waals surface area contributed by atoms with Crippen LogP contribution in [0.15, 0.2) is 11.4 Å². The van der Waals surface area contributed by atoms with Crippen LogP contribution in [0.2, 0.25) is 0 Å². The van der Waals surface area contributed by atoms with E-state index in [2.05, 4.69) is 13.0 Å². The Morgan fingerprint density at radius 1 is 1.78 bits per heavy atom. The molecule has 0 aliphatic rings. The molecule has 0 spiro atoms. The highest BCUT2D eigenvalue weighted by Crippen LogP contribution is 2.12. The molecule has 0 unspecified atom stereocenters. The number of hydrogen-bond acceptors (Lipinski definition) is 2. The molecule has 0 bridgehead atoms. The van der Waals surface area contributed by atoms with Crippen molar-refractivity contribution >= 4 is 11.3 Å². The fourth-order valence-corrected chi connectivity index (χ4v) is 1.30. The molecule has 1 aromatic rings. The first-order chi connectivity index (χ1) is 4.36. The van der Waals surface area contributed by atoms with E-state index in [0.29, 0.717) is 0 Å². The van der Waals surface area contributed by atoms with Gasteiger partial charge in [-0.05, 0) is 30.4 Å². The Bertz CT molecular complexity index is 231. The topological polar surface area (TPSA) is 23.8 Å². The zero-order chi connectivity index (χ0) is 6.69. The van der Waals surface area contributed by atoms with E-state index in [1.807, 2.05) is 11.4 Å². The highest BCUT2D eigenvalue weighted by molar-refractivity contribution is 7.10. The minimum Gasteiger partial charge on any atom is -0.192 e. The van der Waals surface area contributed by atoms with Crippen LogP contribution in [0.5, 0.6) is 0 Å². The molecular formula is C7H6NS. The van der Waals surface area contributed by atoms with Crippen molar-refractivity contribution in [2.24, 2.45) is 0 Å². The summed E-state index contributed by atoms with van der Waals surface area (Å²) in [5, 5.41) is 10.4. The smallest absolute Gasteiger partial charge is 0.110 e. The molecule has 0 fully saturated rings. The van der Waals surface area contributed by atoms with Gasteiger partial charge in [0.1, 0.15) is 10.9 Å². The monoisotopic (exact) mass is 136 g/mol. The third-order valence-corrected chi connectivity index (χ3v) is 1.94. The fourth-order valence-electron chi connectivity index (χ4n) is 0.565. The van der Waals surface area contributed by atoms with Gasteiger partial charge in [0.25, 0.3) is 0 Å². The molecule has 0 aliphatic carbocycles. The largest absolute Gasteiger partial charge is 0.192 e. The summed E-state index contributed by atoms with van der Waals surface area (Å²) in [4.78, 5) is 0.772. The highest BCUT2D eigenvalue weighted by atomic mass is 32.1. The summed E-state index contributed by atoms with van der Waals surface area (Å²) >= 11 is 1.47. The van der Waals surface area contributed by atoms with Gasteiger partial charge in [0, 0.05) is 0 Å². The van der Waals surface area contributed by atoms with Crippen LogP contribution in [0.1, 0.15) is 10.4 Å². The SMILES string of the molecule is [CH2]Cc1csc(C#N)c1. The molecular weight excluding hydrogens is 130 g/mol. The van der Waals surface area contributed by atoms with Gasteiger partial charge in [-0.15, -0.1) is 11.3 Å². The minimum absolute atomic E-state index is 0.772. The van der Waals surface area contributed by atoms with Gasteiger partial charge >= 0.3 is 0 Å². The first kappa shape index (κ1) is 6.31. The fraction of sp³-hybridized carbons (Fsp3) is 0.143. The van der Waals surface area contributed by atoms with Gasteiger partial charge in [0.15, 0.2) is 0 Å². The van der Waals surface area contributed by atoms with E-state index >= 15 is 0 Å². The van der Waals surface area contributed by atoms with Gasteiger partial charge in [-0.1, -0.05) is 0 Å². The number of nitriles is 1. The average molecular weight is 136 g/mol. The summed E-state index contributed by atoms with van der Waals surface area (Å²) in [5.41, 5.74) is 1.15. The minimum atomic E-state index is 0.772. The van der Waals surface area contributed by atoms with Crippen molar-refractivity contribution in [3.05, 3.63) is 28.8 Å². The summed E-state index contributed by atoms with van der Waals surface area (Å²) < 4.78 is 0. The van der Waals surface area contributed by atoms with Crippen LogP contribution in [0.3, 0.4) is 0 Å². The molecule has 0 atom stereocenters. The number of thiophene rings is 1. The maximum Gasteiger partial charge on any atom is 0.110 e. The zero-order valence-corrected chi connectivity index (χ0v) is 5.74. The summed E-state index contributed by atoms with van der Waals surface area (Å²) in [6.07, 6.45) is 0.776. The van der Waals surface area contributed by atoms with Crippen LogP contribution < -0.4 is 0 Å². The van der Waals surface area contributed by atoms with Crippen LogP contribution in [0.4, 0.5) is 0 Å². The summed E-state index contributed by atoms with van der Waals surface area (Å²) in [6.45, 7) is 3.70. The molecule has 0 saturated heterocycles. The Labute approximate surface area is 58.6 Å². The third kappa shape index (κ3) is 1.30. The van der Waals surface area contributed by atoms with Crippen LogP contribution in [-0.4, -0.2) is 0 Å². The van der Waals surface area contributed by atoms with Crippen LogP contribution in [0, 0.1) is 18.3 Å². The van der Waals surface area contributed by atoms with Crippen molar-refractivity contribution in [2.45, 2.75) is 6.42 Å². The standard InChI is InChI=1S/C7H6NS/c1-2-6-3-7(4-8)9-5-6/h3,5H,1-2H2. The predicted octanol–water partition coefficient (Wildman–Crippen LogP) is 2.00. The molecule has 0 amide bonds. The Hall–Kier alpha value is -0.810. The molecule has 0 saturated carbocycles. The van der Waals surface area contributed by atoms with Crippen LogP contribution in [-0.2, 0) is 6.42 Å². The van der Waals surface area contributed by atoms with Gasteiger partial charge in [-0.3, -0.25) is 0 Å². The van der Waals surface area contributed by atoms with Gasteiger partial charge < -0.3 is 0 Å². The maximum atomic E-state index is 8.39. The normalized spacial score (nSPS) is 8.89. The second-order valence-electron chi connectivity index (χ2n) is 1.68. The van der Waals surface area contributed by atoms with E-state index in [1.165, 1.54) is 11.3 Å². The van der Waals surface area contributed by atoms with E-state index in [1.54, 1.807) is 0 Å². The molecule has 0 aromatic carbocycles. The van der Waals surface area contributed by atoms with Crippen LogP contribution >= 0.6 is 11.3 Å². The molecule has 1 radical (unpaired) electrons. The van der Waals surface area contributed by atoms with Crippen molar-refractivity contribution in [1.29, 1.82) is 5.26 Å². The van der Waals surface area contributed by atoms with Crippen molar-refractivity contribution in [1.82, 2.24) is 0 Å². The molecule has 45 valence electrons. The van der Waals surface area contributed by atoms with E-state index in [4.69, 9.17) is 5.26 Å². The number of hydrogen-bond donors (Lipinski definition) is 0. The van der Waals surface area contributed by atoms with Gasteiger partial charge in [0.2, 0.25) is 0 Å². The maximum absolute atomic E-state index is 8.39. The quantitative estimate of drug-likeness (QED) is 0.579. The lowest BCUT2D eigenvalue weighted by atomic mass is 10.2. The van der Waals surface area contributed by atoms with Crippen molar-refractivity contribution in [3.8, 4) is 6.07 Å². The molecule has 2 heteroatoms. The van der Waals surface area contributed by atoms with E-state index in [-0.39, 0.29) is 0 Å². The molecule has 1 heterocycles. The van der Waals surface area contributed by atoms with E-state index in [0.717, 1.165) is 16.9 Å². The lowest BCUT2D eigenvalue weighted by Gasteiger charge is -1.79. The predicted molar refractivity (Wildman–Crippen MR) is 38.1 cm³/mol. The average Bonchev–Trinajstić information content (AvgIpc) is 2.34. The van der Waals surface area contributed by atoms with Crippen molar-refractivity contribution in [2.75, 3.05) is 0 Å². The van der Waals surface area contributed by atoms with Crippen molar-refractivity contribution < 1.29 is 0 Å². The van der Waals surface area contributed by atoms with Crippen LogP contribution in [0.25, 0.3) is 0 Å². The molecule has 1 rings (SSSR count). The summed E-state index contributed by atoms with van der Waals surface area (Å²) in [6, 6.07) is 3.95. The van der Waals surface area contributed by atoms with Crippen molar-refractivity contribution in [3.63, 3.8) is 0 Å². The Morgan fingerprint density at radius 3 is 2.89 bits per heavy atom. The lowest BCUT2D eigenvalue weighted by molar-refractivity contribution is 1.30. The van der Waals surface area contributed by atoms with Gasteiger partial charge in [-0.2, -0.15) is 5.26 Å². The third-order valence-electron chi connectivity index (χ3n) is 1.05. The second kappa shape index (κ2) is 2.65. The highest BCUT2D eigenvalue weighted by Gasteiger charge is 1.93. The Morgan fingerprint density at radius 2 is 2.56 bits per heavy atom. The molecule has 1 aromatic heterocycles. The van der Waals surface area contributed by atoms with E-state index < -0.39 is 0 Å². The van der Waals surface area contributed by atoms with Gasteiger partial charge in [0.05, 0.1) is 0 Å². The first-order valence-electron chi connectivity index (χ1n) is 2.63. The molecule has 0 N–H and O–H groups in total. The molecule has 0 aliphatic heterocycles. The summed E-state index contributed by atoms with van der Waals surface area (Å²) in [7, 11) is 0. The van der Waals surface area contributed by atoms with Gasteiger partial charge in [-0.25, -0.2) is 0 Å². The number of rotatable bonds is 1. The lowest BCUT2D eigenvalue weighted by Crippen LogP contribution is -1.69. The number of nitrogens with zero attached hydrogens (tertiary/aromatic N) is 1. The Balaban J connectivity index is 2.90. The molecule has 1 nitrogen and oxygen atoms in total. The summed E-state index contributed by atoms with van der Waals surface area (Å²) in [5.74, 6) is 0.